The minimum Gasteiger partial charge on any atom is -0.395 e. The maximum absolute atomic E-state index is 12.7. The van der Waals surface area contributed by atoms with Gasteiger partial charge in [0, 0.05) is 38.1 Å². The highest BCUT2D eigenvalue weighted by Crippen LogP contribution is 2.34. The molecule has 0 aromatic rings. The maximum atomic E-state index is 12.7. The van der Waals surface area contributed by atoms with Crippen molar-refractivity contribution in [3.8, 4) is 0 Å². The Bertz CT molecular complexity index is 326. The minimum absolute atomic E-state index is 0.224. The number of hydrogen-bond acceptors (Lipinski definition) is 3. The van der Waals surface area contributed by atoms with Gasteiger partial charge in [0.15, 0.2) is 0 Å². The molecule has 0 radical (unpaired) electrons. The highest BCUT2D eigenvalue weighted by molar-refractivity contribution is 5.79. The third-order valence-corrected chi connectivity index (χ3v) is 5.35. The van der Waals surface area contributed by atoms with E-state index in [0.29, 0.717) is 17.7 Å². The van der Waals surface area contributed by atoms with Gasteiger partial charge in [-0.25, -0.2) is 0 Å². The second-order valence-corrected chi connectivity index (χ2v) is 7.22. The van der Waals surface area contributed by atoms with E-state index in [1.54, 1.807) is 0 Å². The first-order valence-corrected chi connectivity index (χ1v) is 8.68. The summed E-state index contributed by atoms with van der Waals surface area (Å²) in [7, 11) is 0. The van der Waals surface area contributed by atoms with Gasteiger partial charge in [-0.2, -0.15) is 0 Å². The fourth-order valence-corrected chi connectivity index (χ4v) is 4.22. The highest BCUT2D eigenvalue weighted by atomic mass is 16.3. The summed E-state index contributed by atoms with van der Waals surface area (Å²) in [6, 6.07) is 0.261. The van der Waals surface area contributed by atoms with Gasteiger partial charge in [-0.1, -0.05) is 20.8 Å². The van der Waals surface area contributed by atoms with Crippen molar-refractivity contribution in [2.45, 2.75) is 52.5 Å². The van der Waals surface area contributed by atoms with Crippen molar-refractivity contribution in [1.82, 2.24) is 9.80 Å². The summed E-state index contributed by atoms with van der Waals surface area (Å²) in [6.45, 7) is 10.4. The fourth-order valence-electron chi connectivity index (χ4n) is 4.22. The molecule has 1 saturated carbocycles. The molecule has 1 heterocycles. The van der Waals surface area contributed by atoms with Crippen molar-refractivity contribution < 1.29 is 9.90 Å². The van der Waals surface area contributed by atoms with E-state index in [0.717, 1.165) is 45.4 Å². The summed E-state index contributed by atoms with van der Waals surface area (Å²) in [6.07, 6.45) is 4.38. The van der Waals surface area contributed by atoms with E-state index in [2.05, 4.69) is 30.6 Å². The molecule has 0 aromatic carbocycles. The quantitative estimate of drug-likeness (QED) is 0.862. The van der Waals surface area contributed by atoms with E-state index in [9.17, 15) is 9.90 Å². The normalized spacial score (nSPS) is 33.0. The number of aliphatic hydroxyl groups excluding tert-OH is 1. The summed E-state index contributed by atoms with van der Waals surface area (Å²) in [5.41, 5.74) is 0. The van der Waals surface area contributed by atoms with Crippen LogP contribution in [-0.2, 0) is 4.79 Å². The monoisotopic (exact) mass is 296 g/mol. The molecule has 122 valence electrons. The van der Waals surface area contributed by atoms with Crippen LogP contribution in [0, 0.1) is 17.8 Å². The molecule has 21 heavy (non-hydrogen) atoms. The lowest BCUT2D eigenvalue weighted by atomic mass is 9.76. The van der Waals surface area contributed by atoms with Gasteiger partial charge in [0.05, 0.1) is 6.61 Å². The van der Waals surface area contributed by atoms with Crippen molar-refractivity contribution in [2.24, 2.45) is 17.8 Å². The number of carbonyl (C=O) groups excluding carboxylic acids is 1. The van der Waals surface area contributed by atoms with Gasteiger partial charge in [0.25, 0.3) is 0 Å². The zero-order valence-electron chi connectivity index (χ0n) is 13.9. The Kier molecular flexibility index (Phi) is 6.06. The number of aliphatic hydroxyl groups is 1. The van der Waals surface area contributed by atoms with Gasteiger partial charge in [0.1, 0.15) is 0 Å². The number of carbonyl (C=O) groups is 1. The van der Waals surface area contributed by atoms with Crippen LogP contribution in [0.25, 0.3) is 0 Å². The fraction of sp³-hybridized carbons (Fsp3) is 0.941. The van der Waals surface area contributed by atoms with Crippen LogP contribution in [0.5, 0.6) is 0 Å². The highest BCUT2D eigenvalue weighted by Gasteiger charge is 2.33. The Morgan fingerprint density at radius 2 is 1.67 bits per heavy atom. The number of piperazine rings is 1. The second kappa shape index (κ2) is 7.59. The number of nitrogens with zero attached hydrogens (tertiary/aromatic N) is 2. The Morgan fingerprint density at radius 1 is 1.10 bits per heavy atom. The van der Waals surface area contributed by atoms with Crippen LogP contribution in [0.15, 0.2) is 0 Å². The molecule has 2 rings (SSSR count). The summed E-state index contributed by atoms with van der Waals surface area (Å²) in [4.78, 5) is 17.1. The molecular weight excluding hydrogens is 264 g/mol. The standard InChI is InChI=1S/C17H32N2O2/c1-4-16(12-20)18-5-7-19(8-6-18)17(21)15-10-13(2)9-14(3)11-15/h13-16,20H,4-12H2,1-3H3. The average molecular weight is 296 g/mol. The van der Waals surface area contributed by atoms with Crippen molar-refractivity contribution in [3.63, 3.8) is 0 Å². The van der Waals surface area contributed by atoms with Gasteiger partial charge in [-0.05, 0) is 37.5 Å². The minimum atomic E-state index is 0.224. The van der Waals surface area contributed by atoms with Crippen LogP contribution in [0.3, 0.4) is 0 Å². The van der Waals surface area contributed by atoms with Gasteiger partial charge in [-0.3, -0.25) is 9.69 Å². The molecule has 1 amide bonds. The molecule has 1 aliphatic heterocycles. The Hall–Kier alpha value is -0.610. The summed E-state index contributed by atoms with van der Waals surface area (Å²) < 4.78 is 0. The first-order valence-electron chi connectivity index (χ1n) is 8.68. The summed E-state index contributed by atoms with van der Waals surface area (Å²) >= 11 is 0. The SMILES string of the molecule is CCC(CO)N1CCN(C(=O)C2CC(C)CC(C)C2)CC1. The van der Waals surface area contributed by atoms with Crippen LogP contribution in [0.4, 0.5) is 0 Å². The molecule has 4 nitrogen and oxygen atoms in total. The van der Waals surface area contributed by atoms with E-state index in [1.165, 1.54) is 6.42 Å². The lowest BCUT2D eigenvalue weighted by Crippen LogP contribution is -2.54. The predicted molar refractivity (Wildman–Crippen MR) is 85.0 cm³/mol. The zero-order chi connectivity index (χ0) is 15.4. The van der Waals surface area contributed by atoms with Crippen molar-refractivity contribution in [1.29, 1.82) is 0 Å². The lowest BCUT2D eigenvalue weighted by molar-refractivity contribution is -0.139. The summed E-state index contributed by atoms with van der Waals surface area (Å²) in [5.74, 6) is 1.99. The van der Waals surface area contributed by atoms with E-state index < -0.39 is 0 Å². The molecule has 0 spiro atoms. The maximum Gasteiger partial charge on any atom is 0.225 e. The molecule has 0 aromatic heterocycles. The van der Waals surface area contributed by atoms with Crippen molar-refractivity contribution in [3.05, 3.63) is 0 Å². The molecule has 2 fully saturated rings. The third kappa shape index (κ3) is 4.19. The number of rotatable bonds is 4. The Balaban J connectivity index is 1.85. The van der Waals surface area contributed by atoms with Gasteiger partial charge in [0.2, 0.25) is 5.91 Å². The van der Waals surface area contributed by atoms with E-state index in [4.69, 9.17) is 0 Å². The van der Waals surface area contributed by atoms with E-state index in [1.807, 2.05) is 0 Å². The molecule has 1 N–H and O–H groups in total. The number of amides is 1. The molecule has 0 bridgehead atoms. The number of hydrogen-bond donors (Lipinski definition) is 1. The third-order valence-electron chi connectivity index (χ3n) is 5.35. The summed E-state index contributed by atoms with van der Waals surface area (Å²) in [5, 5.41) is 9.39. The smallest absolute Gasteiger partial charge is 0.225 e. The topological polar surface area (TPSA) is 43.8 Å². The molecule has 2 aliphatic rings. The van der Waals surface area contributed by atoms with Crippen LogP contribution in [0.2, 0.25) is 0 Å². The molecule has 4 heteroatoms. The Morgan fingerprint density at radius 3 is 2.14 bits per heavy atom. The van der Waals surface area contributed by atoms with E-state index in [-0.39, 0.29) is 18.6 Å². The average Bonchev–Trinajstić information content (AvgIpc) is 2.47. The van der Waals surface area contributed by atoms with Gasteiger partial charge in [-0.15, -0.1) is 0 Å². The van der Waals surface area contributed by atoms with Gasteiger partial charge >= 0.3 is 0 Å². The first kappa shape index (κ1) is 16.8. The second-order valence-electron chi connectivity index (χ2n) is 7.22. The zero-order valence-corrected chi connectivity index (χ0v) is 13.9. The Labute approximate surface area is 129 Å². The molecule has 1 saturated heterocycles. The van der Waals surface area contributed by atoms with Crippen molar-refractivity contribution >= 4 is 5.91 Å². The predicted octanol–water partition coefficient (Wildman–Crippen LogP) is 1.97. The largest absolute Gasteiger partial charge is 0.395 e. The molecule has 3 atom stereocenters. The lowest BCUT2D eigenvalue weighted by Gasteiger charge is -2.41. The van der Waals surface area contributed by atoms with E-state index >= 15 is 0 Å². The van der Waals surface area contributed by atoms with Crippen LogP contribution < -0.4 is 0 Å². The molecule has 3 unspecified atom stereocenters. The molecule has 1 aliphatic carbocycles. The van der Waals surface area contributed by atoms with Crippen LogP contribution in [-0.4, -0.2) is 59.6 Å². The van der Waals surface area contributed by atoms with Crippen LogP contribution in [0.1, 0.15) is 46.5 Å². The molecular formula is C17H32N2O2. The van der Waals surface area contributed by atoms with Gasteiger partial charge < -0.3 is 10.0 Å². The van der Waals surface area contributed by atoms with Crippen LogP contribution >= 0.6 is 0 Å². The first-order chi connectivity index (χ1) is 10.0. The van der Waals surface area contributed by atoms with Crippen molar-refractivity contribution in [2.75, 3.05) is 32.8 Å².